The minimum atomic E-state index is -0.313. The van der Waals surface area contributed by atoms with E-state index in [2.05, 4.69) is 15.6 Å². The summed E-state index contributed by atoms with van der Waals surface area (Å²) < 4.78 is 7.98. The first-order valence-electron chi connectivity index (χ1n) is 10.4. The molecule has 0 N–H and O–H groups in total. The first-order valence-corrected chi connectivity index (χ1v) is 10.4. The van der Waals surface area contributed by atoms with Gasteiger partial charge in [0.05, 0.1) is 5.56 Å². The van der Waals surface area contributed by atoms with Crippen LogP contribution >= 0.6 is 0 Å². The van der Waals surface area contributed by atoms with Gasteiger partial charge in [0.1, 0.15) is 5.75 Å². The average Bonchev–Trinajstić information content (AvgIpc) is 3.13. The van der Waals surface area contributed by atoms with Crippen molar-refractivity contribution in [2.45, 2.75) is 38.6 Å². The van der Waals surface area contributed by atoms with E-state index in [0.29, 0.717) is 17.2 Å². The largest absolute Gasteiger partial charge is 0.423 e. The highest BCUT2D eigenvalue weighted by molar-refractivity contribution is 6.05. The second-order valence-corrected chi connectivity index (χ2v) is 7.99. The van der Waals surface area contributed by atoms with Crippen molar-refractivity contribution in [3.63, 3.8) is 0 Å². The van der Waals surface area contributed by atoms with Crippen LogP contribution in [-0.2, 0) is 6.54 Å². The Kier molecular flexibility index (Phi) is 4.76. The van der Waals surface area contributed by atoms with E-state index in [0.717, 1.165) is 28.2 Å². The minimum Gasteiger partial charge on any atom is -0.423 e. The molecule has 0 radical (unpaired) electrons. The van der Waals surface area contributed by atoms with E-state index < -0.39 is 0 Å². The Morgan fingerprint density at radius 1 is 1.03 bits per heavy atom. The molecule has 0 aliphatic heterocycles. The summed E-state index contributed by atoms with van der Waals surface area (Å²) in [4.78, 5) is 17.2. The van der Waals surface area contributed by atoms with Crippen LogP contribution < -0.4 is 4.74 Å². The number of pyridine rings is 1. The van der Waals surface area contributed by atoms with Crippen LogP contribution in [0.1, 0.15) is 42.5 Å². The van der Waals surface area contributed by atoms with Gasteiger partial charge in [0.2, 0.25) is 0 Å². The van der Waals surface area contributed by atoms with Crippen molar-refractivity contribution < 1.29 is 9.53 Å². The molecular formula is C25H24N2O2. The number of carbonyl (C=O) groups is 1. The molecule has 0 atom stereocenters. The van der Waals surface area contributed by atoms with E-state index in [4.69, 9.17) is 4.74 Å². The van der Waals surface area contributed by atoms with Crippen LogP contribution in [0.3, 0.4) is 0 Å². The molecule has 5 rings (SSSR count). The van der Waals surface area contributed by atoms with Gasteiger partial charge >= 0.3 is 5.97 Å². The summed E-state index contributed by atoms with van der Waals surface area (Å²) in [5.41, 5.74) is 1.73. The number of ether oxygens (including phenoxy) is 1. The molecule has 4 heteroatoms. The summed E-state index contributed by atoms with van der Waals surface area (Å²) in [6, 6.07) is 15.7. The summed E-state index contributed by atoms with van der Waals surface area (Å²) in [6.07, 6.45) is 12.0. The number of carbonyl (C=O) groups excluding carboxylic acids is 1. The smallest absolute Gasteiger partial charge is 0.345 e. The third-order valence-electron chi connectivity index (χ3n) is 6.01. The Balaban J connectivity index is 1.44. The molecule has 0 unspecified atom stereocenters. The quantitative estimate of drug-likeness (QED) is 0.321. The molecular weight excluding hydrogens is 360 g/mol. The number of fused-ring (bicyclic) bond motifs is 2. The van der Waals surface area contributed by atoms with Crippen molar-refractivity contribution in [3.05, 3.63) is 72.7 Å². The van der Waals surface area contributed by atoms with Crippen LogP contribution in [0.25, 0.3) is 21.7 Å². The molecule has 1 aliphatic rings. The van der Waals surface area contributed by atoms with Gasteiger partial charge in [-0.25, -0.2) is 4.79 Å². The number of benzene rings is 2. The Bertz CT molecular complexity index is 1170. The molecule has 4 nitrogen and oxygen atoms in total. The molecule has 146 valence electrons. The number of esters is 1. The van der Waals surface area contributed by atoms with Crippen LogP contribution in [0.2, 0.25) is 0 Å². The van der Waals surface area contributed by atoms with Crippen LogP contribution in [0.4, 0.5) is 0 Å². The molecule has 2 aromatic carbocycles. The molecule has 0 saturated heterocycles. The number of rotatable bonds is 4. The Morgan fingerprint density at radius 3 is 2.79 bits per heavy atom. The summed E-state index contributed by atoms with van der Waals surface area (Å²) in [5, 5.41) is 2.98. The van der Waals surface area contributed by atoms with Crippen LogP contribution in [0, 0.1) is 5.92 Å². The second-order valence-electron chi connectivity index (χ2n) is 7.99. The summed E-state index contributed by atoms with van der Waals surface area (Å²) >= 11 is 0. The fourth-order valence-electron chi connectivity index (χ4n) is 4.50. The van der Waals surface area contributed by atoms with Crippen LogP contribution in [0.5, 0.6) is 5.75 Å². The van der Waals surface area contributed by atoms with Crippen LogP contribution in [-0.4, -0.2) is 15.5 Å². The lowest BCUT2D eigenvalue weighted by Gasteiger charge is -2.22. The fourth-order valence-corrected chi connectivity index (χ4v) is 4.50. The van der Waals surface area contributed by atoms with Crippen molar-refractivity contribution in [1.82, 2.24) is 9.55 Å². The first kappa shape index (κ1) is 17.9. The van der Waals surface area contributed by atoms with Gasteiger partial charge in [-0.3, -0.25) is 4.98 Å². The lowest BCUT2D eigenvalue weighted by atomic mass is 9.89. The molecule has 0 spiro atoms. The maximum atomic E-state index is 13.0. The normalized spacial score (nSPS) is 15.0. The van der Waals surface area contributed by atoms with Crippen molar-refractivity contribution in [2.75, 3.05) is 0 Å². The molecule has 1 aliphatic carbocycles. The summed E-state index contributed by atoms with van der Waals surface area (Å²) in [6.45, 7) is 0.968. The van der Waals surface area contributed by atoms with Gasteiger partial charge in [-0.2, -0.15) is 0 Å². The van der Waals surface area contributed by atoms with Gasteiger partial charge in [-0.15, -0.1) is 0 Å². The number of hydrogen-bond donors (Lipinski definition) is 0. The zero-order valence-electron chi connectivity index (χ0n) is 16.4. The number of hydrogen-bond acceptors (Lipinski definition) is 3. The molecule has 1 saturated carbocycles. The lowest BCUT2D eigenvalue weighted by Crippen LogP contribution is -2.13. The van der Waals surface area contributed by atoms with E-state index in [-0.39, 0.29) is 5.97 Å². The highest BCUT2D eigenvalue weighted by atomic mass is 16.5. The molecule has 29 heavy (non-hydrogen) atoms. The zero-order chi connectivity index (χ0) is 19.6. The molecule has 1 fully saturated rings. The van der Waals surface area contributed by atoms with E-state index in [1.165, 1.54) is 32.1 Å². The Labute approximate surface area is 170 Å². The van der Waals surface area contributed by atoms with Gasteiger partial charge in [0, 0.05) is 41.4 Å². The van der Waals surface area contributed by atoms with Crippen molar-refractivity contribution >= 4 is 27.6 Å². The van der Waals surface area contributed by atoms with E-state index in [9.17, 15) is 4.79 Å². The first-order chi connectivity index (χ1) is 14.3. The molecule has 0 amide bonds. The topological polar surface area (TPSA) is 44.1 Å². The van der Waals surface area contributed by atoms with Gasteiger partial charge in [-0.05, 0) is 48.4 Å². The number of nitrogens with zero attached hydrogens (tertiary/aromatic N) is 2. The maximum Gasteiger partial charge on any atom is 0.345 e. The summed E-state index contributed by atoms with van der Waals surface area (Å²) in [7, 11) is 0. The standard InChI is InChI=1S/C25H24N2O2/c28-25(29-21-11-10-19-12-13-26-15-20(19)14-21)23-17-27(16-18-6-2-1-3-7-18)24-9-5-4-8-22(23)24/h4-5,8-15,17-18H,1-3,6-7,16H2. The van der Waals surface area contributed by atoms with Crippen molar-refractivity contribution in [3.8, 4) is 5.75 Å². The van der Waals surface area contributed by atoms with Gasteiger partial charge in [-0.1, -0.05) is 43.5 Å². The SMILES string of the molecule is O=C(Oc1ccc2ccncc2c1)c1cn(CC2CCCCC2)c2ccccc12. The van der Waals surface area contributed by atoms with Gasteiger partial charge in [0.25, 0.3) is 0 Å². The van der Waals surface area contributed by atoms with E-state index >= 15 is 0 Å². The Hall–Kier alpha value is -3.14. The van der Waals surface area contributed by atoms with Crippen LogP contribution in [0.15, 0.2) is 67.1 Å². The van der Waals surface area contributed by atoms with Gasteiger partial charge in [0.15, 0.2) is 0 Å². The monoisotopic (exact) mass is 384 g/mol. The summed E-state index contributed by atoms with van der Waals surface area (Å²) in [5.74, 6) is 0.919. The third-order valence-corrected chi connectivity index (χ3v) is 6.01. The van der Waals surface area contributed by atoms with E-state index in [1.54, 1.807) is 12.4 Å². The predicted molar refractivity (Wildman–Crippen MR) is 115 cm³/mol. The Morgan fingerprint density at radius 2 is 1.90 bits per heavy atom. The predicted octanol–water partition coefficient (Wildman–Crippen LogP) is 5.99. The number of aromatic nitrogens is 2. The fraction of sp³-hybridized carbons (Fsp3) is 0.280. The maximum absolute atomic E-state index is 13.0. The van der Waals surface area contributed by atoms with Gasteiger partial charge < -0.3 is 9.30 Å². The highest BCUT2D eigenvalue weighted by Gasteiger charge is 2.20. The molecule has 2 heterocycles. The molecule has 4 aromatic rings. The van der Waals surface area contributed by atoms with Crippen molar-refractivity contribution in [1.29, 1.82) is 0 Å². The van der Waals surface area contributed by atoms with E-state index in [1.807, 2.05) is 48.7 Å². The minimum absolute atomic E-state index is 0.313. The molecule has 0 bridgehead atoms. The third kappa shape index (κ3) is 3.63. The van der Waals surface area contributed by atoms with Crippen molar-refractivity contribution in [2.24, 2.45) is 5.92 Å². The average molecular weight is 384 g/mol. The highest BCUT2D eigenvalue weighted by Crippen LogP contribution is 2.29. The zero-order valence-corrected chi connectivity index (χ0v) is 16.4. The molecule has 2 aromatic heterocycles. The second kappa shape index (κ2) is 7.70. The number of para-hydroxylation sites is 1. The lowest BCUT2D eigenvalue weighted by molar-refractivity contribution is 0.0736.